The molecule has 0 amide bonds. The predicted molar refractivity (Wildman–Crippen MR) is 89.4 cm³/mol. The number of thioether (sulfide) groups is 1. The van der Waals surface area contributed by atoms with E-state index in [-0.39, 0.29) is 5.78 Å². The molecule has 0 fully saturated rings. The molecule has 0 saturated heterocycles. The van der Waals surface area contributed by atoms with Gasteiger partial charge in [0, 0.05) is 23.8 Å². The van der Waals surface area contributed by atoms with E-state index in [4.69, 9.17) is 0 Å². The van der Waals surface area contributed by atoms with Crippen molar-refractivity contribution in [3.8, 4) is 0 Å². The van der Waals surface area contributed by atoms with Crippen LogP contribution in [0.2, 0.25) is 0 Å². The molecule has 21 heavy (non-hydrogen) atoms. The van der Waals surface area contributed by atoms with Crippen molar-refractivity contribution in [2.24, 2.45) is 0 Å². The van der Waals surface area contributed by atoms with E-state index >= 15 is 0 Å². The maximum absolute atomic E-state index is 11.9. The minimum absolute atomic E-state index is 0.204. The first-order valence-corrected chi connectivity index (χ1v) is 8.76. The van der Waals surface area contributed by atoms with Crippen LogP contribution in [0.3, 0.4) is 0 Å². The first-order chi connectivity index (χ1) is 10.1. The number of aromatic nitrogens is 2. The molecule has 0 bridgehead atoms. The lowest BCUT2D eigenvalue weighted by molar-refractivity contribution is 0.0982. The number of nitrogens with one attached hydrogen (secondary N) is 1. The summed E-state index contributed by atoms with van der Waals surface area (Å²) in [7, 11) is 0. The Kier molecular flexibility index (Phi) is 6.20. The average molecular weight is 321 g/mol. The molecule has 0 aliphatic heterocycles. The smallest absolute Gasteiger partial charge is 0.206 e. The molecule has 1 heterocycles. The second kappa shape index (κ2) is 8.14. The highest BCUT2D eigenvalue weighted by atomic mass is 32.2. The Morgan fingerprint density at radius 1 is 1.29 bits per heavy atom. The molecule has 0 spiro atoms. The zero-order chi connectivity index (χ0) is 15.1. The van der Waals surface area contributed by atoms with Crippen molar-refractivity contribution in [1.29, 1.82) is 0 Å². The van der Waals surface area contributed by atoms with Crippen LogP contribution in [0.25, 0.3) is 0 Å². The summed E-state index contributed by atoms with van der Waals surface area (Å²) in [5.74, 6) is 1.09. The van der Waals surface area contributed by atoms with Crippen molar-refractivity contribution in [2.45, 2.75) is 37.1 Å². The van der Waals surface area contributed by atoms with Gasteiger partial charge < -0.3 is 5.32 Å². The van der Waals surface area contributed by atoms with Gasteiger partial charge in [-0.1, -0.05) is 53.4 Å². The minimum atomic E-state index is 0.204. The van der Waals surface area contributed by atoms with Gasteiger partial charge in [0.2, 0.25) is 5.13 Å². The third kappa shape index (κ3) is 5.47. The van der Waals surface area contributed by atoms with Crippen molar-refractivity contribution in [3.05, 3.63) is 35.9 Å². The number of Topliss-reactive ketones (excluding diaryl/α,β-unsaturated/α-hetero) is 1. The van der Waals surface area contributed by atoms with Gasteiger partial charge in [0.1, 0.15) is 0 Å². The molecule has 112 valence electrons. The number of rotatable bonds is 8. The van der Waals surface area contributed by atoms with Gasteiger partial charge in [0.05, 0.1) is 0 Å². The molecule has 1 aromatic heterocycles. The van der Waals surface area contributed by atoms with Crippen LogP contribution in [0.15, 0.2) is 34.7 Å². The van der Waals surface area contributed by atoms with Gasteiger partial charge in [0.15, 0.2) is 10.1 Å². The Balaban J connectivity index is 1.70. The normalized spacial score (nSPS) is 10.8. The summed E-state index contributed by atoms with van der Waals surface area (Å²) >= 11 is 3.22. The highest BCUT2D eigenvalue weighted by Crippen LogP contribution is 2.26. The number of nitrogens with zero attached hydrogens (tertiary/aromatic N) is 2. The van der Waals surface area contributed by atoms with E-state index < -0.39 is 0 Å². The monoisotopic (exact) mass is 321 g/mol. The lowest BCUT2D eigenvalue weighted by Crippen LogP contribution is -2.08. The molecule has 0 radical (unpaired) electrons. The third-order valence-corrected chi connectivity index (χ3v) is 4.76. The van der Waals surface area contributed by atoms with Gasteiger partial charge in [-0.25, -0.2) is 0 Å². The van der Waals surface area contributed by atoms with Gasteiger partial charge in [-0.05, 0) is 20.3 Å². The second-order valence-corrected chi connectivity index (χ2v) is 7.23. The summed E-state index contributed by atoms with van der Waals surface area (Å²) in [6, 6.07) is 9.80. The Morgan fingerprint density at radius 3 is 2.76 bits per heavy atom. The van der Waals surface area contributed by atoms with Crippen molar-refractivity contribution in [1.82, 2.24) is 10.2 Å². The fraction of sp³-hybridized carbons (Fsp3) is 0.400. The van der Waals surface area contributed by atoms with Gasteiger partial charge in [-0.3, -0.25) is 4.79 Å². The van der Waals surface area contributed by atoms with Crippen molar-refractivity contribution in [3.63, 3.8) is 0 Å². The van der Waals surface area contributed by atoms with Crippen LogP contribution in [0.1, 0.15) is 37.0 Å². The van der Waals surface area contributed by atoms with Crippen LogP contribution >= 0.6 is 23.1 Å². The van der Waals surface area contributed by atoms with Crippen molar-refractivity contribution < 1.29 is 4.79 Å². The Bertz CT molecular complexity index is 569. The number of ketones is 1. The molecule has 6 heteroatoms. The summed E-state index contributed by atoms with van der Waals surface area (Å²) in [5, 5.41) is 12.3. The number of hydrogen-bond acceptors (Lipinski definition) is 6. The highest BCUT2D eigenvalue weighted by molar-refractivity contribution is 8.01. The summed E-state index contributed by atoms with van der Waals surface area (Å²) in [6.07, 6.45) is 1.43. The van der Waals surface area contributed by atoms with Crippen LogP contribution in [0.4, 0.5) is 5.13 Å². The first-order valence-electron chi connectivity index (χ1n) is 6.96. The first kappa shape index (κ1) is 16.0. The topological polar surface area (TPSA) is 54.9 Å². The zero-order valence-corrected chi connectivity index (χ0v) is 13.8. The fourth-order valence-corrected chi connectivity index (χ4v) is 3.64. The SMILES string of the molecule is CC(C)Nc1nnc(SCCCC(=O)c2ccccc2)s1. The summed E-state index contributed by atoms with van der Waals surface area (Å²) in [5.41, 5.74) is 0.793. The molecule has 0 atom stereocenters. The number of anilines is 1. The summed E-state index contributed by atoms with van der Waals surface area (Å²) < 4.78 is 0.949. The molecule has 0 saturated carbocycles. The minimum Gasteiger partial charge on any atom is -0.358 e. The summed E-state index contributed by atoms with van der Waals surface area (Å²) in [4.78, 5) is 11.9. The van der Waals surface area contributed by atoms with E-state index in [1.807, 2.05) is 30.3 Å². The lowest BCUT2D eigenvalue weighted by Gasteiger charge is -2.03. The average Bonchev–Trinajstić information content (AvgIpc) is 2.91. The van der Waals surface area contributed by atoms with Crippen molar-refractivity contribution >= 4 is 34.0 Å². The number of carbonyl (C=O) groups excluding carboxylic acids is 1. The number of benzene rings is 1. The van der Waals surface area contributed by atoms with E-state index in [0.717, 1.165) is 27.2 Å². The van der Waals surface area contributed by atoms with Crippen LogP contribution in [0, 0.1) is 0 Å². The van der Waals surface area contributed by atoms with Crippen LogP contribution in [-0.2, 0) is 0 Å². The van der Waals surface area contributed by atoms with E-state index in [1.54, 1.807) is 23.1 Å². The van der Waals surface area contributed by atoms with E-state index in [2.05, 4.69) is 29.4 Å². The highest BCUT2D eigenvalue weighted by Gasteiger charge is 2.07. The molecule has 1 aromatic carbocycles. The van der Waals surface area contributed by atoms with E-state index in [1.165, 1.54) is 0 Å². The maximum Gasteiger partial charge on any atom is 0.206 e. The molecular weight excluding hydrogens is 302 g/mol. The molecule has 1 N–H and O–H groups in total. The standard InChI is InChI=1S/C15H19N3OS2/c1-11(2)16-14-17-18-15(21-14)20-10-6-9-13(19)12-7-4-3-5-8-12/h3-5,7-8,11H,6,9-10H2,1-2H3,(H,16,17). The van der Waals surface area contributed by atoms with Crippen LogP contribution < -0.4 is 5.32 Å². The molecule has 0 unspecified atom stereocenters. The lowest BCUT2D eigenvalue weighted by atomic mass is 10.1. The predicted octanol–water partition coefficient (Wildman–Crippen LogP) is 4.11. The van der Waals surface area contributed by atoms with E-state index in [9.17, 15) is 4.79 Å². The third-order valence-electron chi connectivity index (χ3n) is 2.69. The molecule has 4 nitrogen and oxygen atoms in total. The van der Waals surface area contributed by atoms with Crippen LogP contribution in [-0.4, -0.2) is 27.8 Å². The van der Waals surface area contributed by atoms with Crippen LogP contribution in [0.5, 0.6) is 0 Å². The van der Waals surface area contributed by atoms with Gasteiger partial charge in [-0.2, -0.15) is 0 Å². The van der Waals surface area contributed by atoms with E-state index in [0.29, 0.717) is 12.5 Å². The maximum atomic E-state index is 11.9. The number of hydrogen-bond donors (Lipinski definition) is 1. The van der Waals surface area contributed by atoms with Gasteiger partial charge in [-0.15, -0.1) is 10.2 Å². The number of carbonyl (C=O) groups is 1. The summed E-state index contributed by atoms with van der Waals surface area (Å²) in [6.45, 7) is 4.15. The van der Waals surface area contributed by atoms with Gasteiger partial charge in [0.25, 0.3) is 0 Å². The molecule has 2 rings (SSSR count). The Hall–Kier alpha value is -1.40. The molecular formula is C15H19N3OS2. The zero-order valence-electron chi connectivity index (χ0n) is 12.2. The Labute approximate surface area is 133 Å². The largest absolute Gasteiger partial charge is 0.358 e. The fourth-order valence-electron chi connectivity index (χ4n) is 1.73. The Morgan fingerprint density at radius 2 is 2.05 bits per heavy atom. The second-order valence-electron chi connectivity index (χ2n) is 4.91. The van der Waals surface area contributed by atoms with Crippen molar-refractivity contribution in [2.75, 3.05) is 11.1 Å². The molecule has 2 aromatic rings. The quantitative estimate of drug-likeness (QED) is 0.450. The van der Waals surface area contributed by atoms with Gasteiger partial charge >= 0.3 is 0 Å². The molecule has 0 aliphatic rings. The molecule has 0 aliphatic carbocycles.